The Labute approximate surface area is 183 Å². The molecule has 5 nitrogen and oxygen atoms in total. The molecule has 0 spiro atoms. The highest BCUT2D eigenvalue weighted by molar-refractivity contribution is 5.71. The molecule has 0 atom stereocenters. The van der Waals surface area contributed by atoms with Crippen LogP contribution in [0.5, 0.6) is 5.75 Å². The third-order valence-electron chi connectivity index (χ3n) is 4.61. The second-order valence-corrected chi connectivity index (χ2v) is 7.06. The van der Waals surface area contributed by atoms with Crippen molar-refractivity contribution in [2.45, 2.75) is 19.8 Å². The third kappa shape index (κ3) is 5.60. The van der Waals surface area contributed by atoms with Gasteiger partial charge in [-0.2, -0.15) is 0 Å². The summed E-state index contributed by atoms with van der Waals surface area (Å²) in [6.07, 6.45) is -1.39. The summed E-state index contributed by atoms with van der Waals surface area (Å²) in [6.45, 7) is 2.44. The summed E-state index contributed by atoms with van der Waals surface area (Å²) < 4.78 is 41.0. The van der Waals surface area contributed by atoms with E-state index in [4.69, 9.17) is 0 Å². The molecule has 0 aliphatic heterocycles. The van der Waals surface area contributed by atoms with E-state index >= 15 is 0 Å². The number of aromatic nitrogens is 3. The van der Waals surface area contributed by atoms with Crippen molar-refractivity contribution in [1.82, 2.24) is 15.0 Å². The summed E-state index contributed by atoms with van der Waals surface area (Å²) in [7, 11) is 0. The van der Waals surface area contributed by atoms with Crippen LogP contribution in [0.3, 0.4) is 0 Å². The summed E-state index contributed by atoms with van der Waals surface area (Å²) in [5.41, 5.74) is 4.05. The predicted molar refractivity (Wildman–Crippen MR) is 116 cm³/mol. The number of benzene rings is 2. The Kier molecular flexibility index (Phi) is 6.02. The van der Waals surface area contributed by atoms with Gasteiger partial charge in [-0.25, -0.2) is 9.97 Å². The van der Waals surface area contributed by atoms with E-state index in [-0.39, 0.29) is 5.75 Å². The van der Waals surface area contributed by atoms with Crippen LogP contribution >= 0.6 is 0 Å². The molecular formula is C24H19F3N4O. The molecule has 0 radical (unpaired) electrons. The lowest BCUT2D eigenvalue weighted by molar-refractivity contribution is -0.274. The van der Waals surface area contributed by atoms with E-state index in [0.717, 1.165) is 16.7 Å². The highest BCUT2D eigenvalue weighted by Crippen LogP contribution is 2.28. The van der Waals surface area contributed by atoms with E-state index in [1.54, 1.807) is 24.5 Å². The van der Waals surface area contributed by atoms with Gasteiger partial charge in [-0.1, -0.05) is 42.5 Å². The van der Waals surface area contributed by atoms with Crippen molar-refractivity contribution >= 4 is 5.82 Å². The molecule has 4 rings (SSSR count). The quantitative estimate of drug-likeness (QED) is 0.400. The zero-order valence-corrected chi connectivity index (χ0v) is 17.1. The first-order chi connectivity index (χ1) is 15.4. The maximum absolute atomic E-state index is 12.4. The minimum absolute atomic E-state index is 0.272. The number of alkyl halides is 3. The molecule has 4 aromatic rings. The first kappa shape index (κ1) is 21.3. The molecule has 0 aliphatic carbocycles. The van der Waals surface area contributed by atoms with Gasteiger partial charge < -0.3 is 10.1 Å². The van der Waals surface area contributed by atoms with Crippen molar-refractivity contribution in [1.29, 1.82) is 0 Å². The van der Waals surface area contributed by atoms with Gasteiger partial charge in [-0.15, -0.1) is 13.2 Å². The summed E-state index contributed by atoms with van der Waals surface area (Å²) in [5, 5.41) is 3.31. The average molecular weight is 436 g/mol. The van der Waals surface area contributed by atoms with Crippen LogP contribution in [-0.2, 0) is 6.54 Å². The minimum Gasteiger partial charge on any atom is -0.406 e. The molecule has 32 heavy (non-hydrogen) atoms. The Morgan fingerprint density at radius 1 is 0.844 bits per heavy atom. The number of hydrogen-bond donors (Lipinski definition) is 1. The largest absolute Gasteiger partial charge is 0.573 e. The van der Waals surface area contributed by atoms with E-state index < -0.39 is 6.36 Å². The van der Waals surface area contributed by atoms with Crippen LogP contribution < -0.4 is 10.1 Å². The number of ether oxygens (including phenoxy) is 1. The van der Waals surface area contributed by atoms with E-state index in [1.807, 2.05) is 49.4 Å². The summed E-state index contributed by atoms with van der Waals surface area (Å²) in [6, 6.07) is 19.4. The van der Waals surface area contributed by atoms with Gasteiger partial charge in [0.25, 0.3) is 0 Å². The first-order valence-corrected chi connectivity index (χ1v) is 9.81. The molecule has 0 unspecified atom stereocenters. The molecule has 2 aromatic heterocycles. The maximum atomic E-state index is 12.4. The number of halogens is 3. The molecule has 0 bridgehead atoms. The molecule has 0 aliphatic rings. The van der Waals surface area contributed by atoms with Gasteiger partial charge in [0.05, 0.1) is 5.69 Å². The number of rotatable bonds is 6. The smallest absolute Gasteiger partial charge is 0.406 e. The highest BCUT2D eigenvalue weighted by atomic mass is 19.4. The van der Waals surface area contributed by atoms with Crippen molar-refractivity contribution in [3.05, 3.63) is 90.5 Å². The first-order valence-electron chi connectivity index (χ1n) is 9.81. The van der Waals surface area contributed by atoms with Crippen molar-refractivity contribution in [3.63, 3.8) is 0 Å². The van der Waals surface area contributed by atoms with Gasteiger partial charge >= 0.3 is 6.36 Å². The van der Waals surface area contributed by atoms with Crippen LogP contribution in [0.15, 0.2) is 79.1 Å². The SMILES string of the molecule is Cc1nc(NCc2ccccc2)cc(-c2cncc(-c3ccc(OC(F)(F)F)cc3)c2)n1. The van der Waals surface area contributed by atoms with Crippen molar-refractivity contribution in [2.75, 3.05) is 5.32 Å². The fourth-order valence-corrected chi connectivity index (χ4v) is 3.18. The lowest BCUT2D eigenvalue weighted by atomic mass is 10.0. The minimum atomic E-state index is -4.72. The summed E-state index contributed by atoms with van der Waals surface area (Å²) in [4.78, 5) is 13.2. The molecule has 0 fully saturated rings. The van der Waals surface area contributed by atoms with Gasteiger partial charge in [0, 0.05) is 36.1 Å². The zero-order chi connectivity index (χ0) is 22.6. The monoisotopic (exact) mass is 436 g/mol. The summed E-state index contributed by atoms with van der Waals surface area (Å²) in [5.74, 6) is 1.03. The lowest BCUT2D eigenvalue weighted by Crippen LogP contribution is -2.16. The van der Waals surface area contributed by atoms with Crippen LogP contribution in [0.25, 0.3) is 22.4 Å². The van der Waals surface area contributed by atoms with Crippen LogP contribution in [0.4, 0.5) is 19.0 Å². The number of nitrogens with zero attached hydrogens (tertiary/aromatic N) is 3. The molecule has 0 saturated heterocycles. The van der Waals surface area contributed by atoms with Crippen LogP contribution in [0.1, 0.15) is 11.4 Å². The van der Waals surface area contributed by atoms with Crippen LogP contribution in [-0.4, -0.2) is 21.3 Å². The standard InChI is InChI=1S/C24H19F3N4O/c1-16-30-22(12-23(31-16)29-13-17-5-3-2-4-6-17)20-11-19(14-28-15-20)18-7-9-21(10-8-18)32-24(25,26)27/h2-12,14-15H,13H2,1H3,(H,29,30,31). The molecule has 2 aromatic carbocycles. The molecule has 0 saturated carbocycles. The maximum Gasteiger partial charge on any atom is 0.573 e. The molecule has 1 N–H and O–H groups in total. The number of aryl methyl sites for hydroxylation is 1. The van der Waals surface area contributed by atoms with Gasteiger partial charge in [0.1, 0.15) is 17.4 Å². The predicted octanol–water partition coefficient (Wildman–Crippen LogP) is 6.02. The van der Waals surface area contributed by atoms with E-state index in [9.17, 15) is 13.2 Å². The molecular weight excluding hydrogens is 417 g/mol. The number of nitrogens with one attached hydrogen (secondary N) is 1. The van der Waals surface area contributed by atoms with Gasteiger partial charge in [-0.05, 0) is 36.2 Å². The van der Waals surface area contributed by atoms with Gasteiger partial charge in [-0.3, -0.25) is 4.98 Å². The molecule has 0 amide bonds. The van der Waals surface area contributed by atoms with E-state index in [2.05, 4.69) is 25.0 Å². The van der Waals surface area contributed by atoms with Crippen LogP contribution in [0, 0.1) is 6.92 Å². The Morgan fingerprint density at radius 3 is 2.28 bits per heavy atom. The molecule has 8 heteroatoms. The second-order valence-electron chi connectivity index (χ2n) is 7.06. The van der Waals surface area contributed by atoms with E-state index in [1.165, 1.54) is 12.1 Å². The van der Waals surface area contributed by atoms with Gasteiger partial charge in [0.15, 0.2) is 0 Å². The number of anilines is 1. The fourth-order valence-electron chi connectivity index (χ4n) is 3.18. The third-order valence-corrected chi connectivity index (χ3v) is 4.61. The molecule has 162 valence electrons. The topological polar surface area (TPSA) is 59.9 Å². The molecule has 2 heterocycles. The zero-order valence-electron chi connectivity index (χ0n) is 17.1. The average Bonchev–Trinajstić information content (AvgIpc) is 2.78. The Hall–Kier alpha value is -3.94. The van der Waals surface area contributed by atoms with E-state index in [0.29, 0.717) is 29.4 Å². The van der Waals surface area contributed by atoms with Crippen LogP contribution in [0.2, 0.25) is 0 Å². The van der Waals surface area contributed by atoms with Crippen molar-refractivity contribution in [2.24, 2.45) is 0 Å². The second kappa shape index (κ2) is 9.05. The Bertz CT molecular complexity index is 1200. The summed E-state index contributed by atoms with van der Waals surface area (Å²) >= 11 is 0. The Balaban J connectivity index is 1.56. The normalized spacial score (nSPS) is 11.2. The fraction of sp³-hybridized carbons (Fsp3) is 0.125. The van der Waals surface area contributed by atoms with Gasteiger partial charge in [0.2, 0.25) is 0 Å². The van der Waals surface area contributed by atoms with Crippen molar-refractivity contribution in [3.8, 4) is 28.1 Å². The van der Waals surface area contributed by atoms with Crippen molar-refractivity contribution < 1.29 is 17.9 Å². The highest BCUT2D eigenvalue weighted by Gasteiger charge is 2.30. The lowest BCUT2D eigenvalue weighted by Gasteiger charge is -2.11. The number of pyridine rings is 1. The Morgan fingerprint density at radius 2 is 1.56 bits per heavy atom. The number of hydrogen-bond acceptors (Lipinski definition) is 5.